The van der Waals surface area contributed by atoms with E-state index in [2.05, 4.69) is 20.9 Å². The fourth-order valence-electron chi connectivity index (χ4n) is 2.84. The third-order valence-electron chi connectivity index (χ3n) is 4.15. The van der Waals surface area contributed by atoms with E-state index in [0.29, 0.717) is 30.5 Å². The summed E-state index contributed by atoms with van der Waals surface area (Å²) in [6.45, 7) is 3.71. The van der Waals surface area contributed by atoms with Gasteiger partial charge in [-0.2, -0.15) is 0 Å². The molecule has 0 aromatic heterocycles. The van der Waals surface area contributed by atoms with Gasteiger partial charge in [0.1, 0.15) is 0 Å². The molecule has 158 valence electrons. The zero-order valence-electron chi connectivity index (χ0n) is 15.9. The summed E-state index contributed by atoms with van der Waals surface area (Å²) in [4.78, 5) is 16.3. The smallest absolute Gasteiger partial charge is 0.222 e. The molecule has 1 heterocycles. The van der Waals surface area contributed by atoms with E-state index in [1.165, 1.54) is 0 Å². The number of hydrogen-bond donors (Lipinski definition) is 3. The molecule has 0 aliphatic carbocycles. The first kappa shape index (κ1) is 25.0. The number of carbonyl (C=O) groups is 1. The first-order valence-corrected chi connectivity index (χ1v) is 11.3. The number of benzene rings is 1. The molecule has 1 aromatic rings. The third kappa shape index (κ3) is 9.42. The van der Waals surface area contributed by atoms with Crippen LogP contribution in [0.2, 0.25) is 5.02 Å². The molecule has 1 atom stereocenters. The molecule has 0 bridgehead atoms. The van der Waals surface area contributed by atoms with Crippen molar-refractivity contribution in [3.05, 3.63) is 34.9 Å². The van der Waals surface area contributed by atoms with Crippen molar-refractivity contribution in [3.63, 3.8) is 0 Å². The van der Waals surface area contributed by atoms with Gasteiger partial charge in [-0.3, -0.25) is 9.79 Å². The molecular formula is C18H28ClIN4O3S. The zero-order chi connectivity index (χ0) is 19.7. The molecule has 1 unspecified atom stereocenters. The van der Waals surface area contributed by atoms with Gasteiger partial charge in [-0.1, -0.05) is 23.7 Å². The van der Waals surface area contributed by atoms with Gasteiger partial charge >= 0.3 is 0 Å². The topological polar surface area (TPSA) is 99.7 Å². The van der Waals surface area contributed by atoms with Crippen LogP contribution in [-0.4, -0.2) is 57.5 Å². The minimum Gasteiger partial charge on any atom is -0.357 e. The van der Waals surface area contributed by atoms with Gasteiger partial charge < -0.3 is 16.0 Å². The molecular weight excluding hydrogens is 515 g/mol. The monoisotopic (exact) mass is 542 g/mol. The van der Waals surface area contributed by atoms with E-state index in [9.17, 15) is 13.2 Å². The number of guanidine groups is 1. The maximum absolute atomic E-state index is 12.0. The Hall–Kier alpha value is -1.07. The highest BCUT2D eigenvalue weighted by molar-refractivity contribution is 14.0. The Labute approximate surface area is 189 Å². The van der Waals surface area contributed by atoms with E-state index in [1.54, 1.807) is 0 Å². The van der Waals surface area contributed by atoms with Gasteiger partial charge in [0, 0.05) is 30.6 Å². The van der Waals surface area contributed by atoms with Gasteiger partial charge in [0.25, 0.3) is 0 Å². The summed E-state index contributed by atoms with van der Waals surface area (Å²) in [6, 6.07) is 7.45. The summed E-state index contributed by atoms with van der Waals surface area (Å²) in [5.41, 5.74) is 1.14. The van der Waals surface area contributed by atoms with Crippen LogP contribution in [0.4, 0.5) is 0 Å². The SMILES string of the molecule is CCNC(=NCCC(=O)NC1CCS(=O)(=O)C1)NCCc1cccc(Cl)c1.I. The molecule has 1 saturated heterocycles. The van der Waals surface area contributed by atoms with Crippen molar-refractivity contribution in [2.75, 3.05) is 31.1 Å². The van der Waals surface area contributed by atoms with Crippen molar-refractivity contribution < 1.29 is 13.2 Å². The normalized spacial score (nSPS) is 18.2. The number of carbonyl (C=O) groups excluding carboxylic acids is 1. The number of halogens is 2. The number of hydrogen-bond acceptors (Lipinski definition) is 4. The second-order valence-electron chi connectivity index (χ2n) is 6.48. The highest BCUT2D eigenvalue weighted by atomic mass is 127. The van der Waals surface area contributed by atoms with Crippen LogP contribution in [0.5, 0.6) is 0 Å². The second-order valence-corrected chi connectivity index (χ2v) is 9.15. The molecule has 7 nitrogen and oxygen atoms in total. The molecule has 0 saturated carbocycles. The van der Waals surface area contributed by atoms with E-state index in [4.69, 9.17) is 11.6 Å². The number of amides is 1. The summed E-state index contributed by atoms with van der Waals surface area (Å²) >= 11 is 5.98. The molecule has 10 heteroatoms. The average Bonchev–Trinajstić information content (AvgIpc) is 2.93. The first-order chi connectivity index (χ1) is 12.9. The summed E-state index contributed by atoms with van der Waals surface area (Å²) in [5.74, 6) is 0.666. The van der Waals surface area contributed by atoms with Gasteiger partial charge in [-0.15, -0.1) is 24.0 Å². The predicted octanol–water partition coefficient (Wildman–Crippen LogP) is 1.75. The molecule has 0 spiro atoms. The van der Waals surface area contributed by atoms with Crippen LogP contribution in [0, 0.1) is 0 Å². The van der Waals surface area contributed by atoms with Crippen molar-refractivity contribution in [3.8, 4) is 0 Å². The van der Waals surface area contributed by atoms with Gasteiger partial charge in [-0.25, -0.2) is 8.42 Å². The van der Waals surface area contributed by atoms with E-state index in [-0.39, 0.29) is 53.9 Å². The van der Waals surface area contributed by atoms with E-state index < -0.39 is 9.84 Å². The Morgan fingerprint density at radius 1 is 1.32 bits per heavy atom. The number of nitrogens with one attached hydrogen (secondary N) is 3. The van der Waals surface area contributed by atoms with Crippen LogP contribution >= 0.6 is 35.6 Å². The average molecular weight is 543 g/mol. The highest BCUT2D eigenvalue weighted by Crippen LogP contribution is 2.11. The Bertz CT molecular complexity index is 774. The lowest BCUT2D eigenvalue weighted by atomic mass is 10.1. The van der Waals surface area contributed by atoms with Crippen LogP contribution in [0.25, 0.3) is 0 Å². The molecule has 1 fully saturated rings. The molecule has 2 rings (SSSR count). The standard InChI is InChI=1S/C18H27ClN4O3S.HI/c1-2-20-18(21-9-6-14-4-3-5-15(19)12-14)22-10-7-17(24)23-16-8-11-27(25,26)13-16;/h3-5,12,16H,2,6-11,13H2,1H3,(H,23,24)(H2,20,21,22);1H. The summed E-state index contributed by atoms with van der Waals surface area (Å²) in [7, 11) is -2.99. The van der Waals surface area contributed by atoms with Crippen LogP contribution < -0.4 is 16.0 Å². The molecule has 28 heavy (non-hydrogen) atoms. The fourth-order valence-corrected chi connectivity index (χ4v) is 4.72. The van der Waals surface area contributed by atoms with E-state index >= 15 is 0 Å². The number of sulfone groups is 1. The lowest BCUT2D eigenvalue weighted by Crippen LogP contribution is -2.39. The molecule has 1 amide bonds. The first-order valence-electron chi connectivity index (χ1n) is 9.14. The van der Waals surface area contributed by atoms with Crippen LogP contribution in [0.1, 0.15) is 25.3 Å². The summed E-state index contributed by atoms with van der Waals surface area (Å²) in [6.07, 6.45) is 1.52. The molecule has 1 aliphatic rings. The Balaban J connectivity index is 0.00000392. The van der Waals surface area contributed by atoms with Crippen molar-refractivity contribution in [2.24, 2.45) is 4.99 Å². The second kappa shape index (κ2) is 12.5. The van der Waals surface area contributed by atoms with E-state index in [1.807, 2.05) is 31.2 Å². The van der Waals surface area contributed by atoms with Crippen LogP contribution in [-0.2, 0) is 21.1 Å². The lowest BCUT2D eigenvalue weighted by molar-refractivity contribution is -0.121. The third-order valence-corrected chi connectivity index (χ3v) is 6.15. The van der Waals surface area contributed by atoms with Gasteiger partial charge in [-0.05, 0) is 37.5 Å². The minimum absolute atomic E-state index is 0. The Kier molecular flexibility index (Phi) is 11.1. The summed E-state index contributed by atoms with van der Waals surface area (Å²) < 4.78 is 22.8. The van der Waals surface area contributed by atoms with E-state index in [0.717, 1.165) is 18.5 Å². The number of nitrogens with zero attached hydrogens (tertiary/aromatic N) is 1. The van der Waals surface area contributed by atoms with Crippen molar-refractivity contribution >= 4 is 57.3 Å². The largest absolute Gasteiger partial charge is 0.357 e. The maximum atomic E-state index is 12.0. The lowest BCUT2D eigenvalue weighted by Gasteiger charge is -2.12. The number of aliphatic imine (C=N–C) groups is 1. The molecule has 3 N–H and O–H groups in total. The van der Waals surface area contributed by atoms with Crippen molar-refractivity contribution in [1.29, 1.82) is 0 Å². The zero-order valence-corrected chi connectivity index (χ0v) is 19.8. The quantitative estimate of drug-likeness (QED) is 0.264. The molecule has 0 radical (unpaired) electrons. The fraction of sp³-hybridized carbons (Fsp3) is 0.556. The minimum atomic E-state index is -2.99. The maximum Gasteiger partial charge on any atom is 0.222 e. The summed E-state index contributed by atoms with van der Waals surface area (Å²) in [5, 5.41) is 9.86. The predicted molar refractivity (Wildman–Crippen MR) is 124 cm³/mol. The van der Waals surface area contributed by atoms with Gasteiger partial charge in [0.05, 0.1) is 18.1 Å². The number of rotatable bonds is 8. The van der Waals surface area contributed by atoms with Gasteiger partial charge in [0.2, 0.25) is 5.91 Å². The highest BCUT2D eigenvalue weighted by Gasteiger charge is 2.28. The van der Waals surface area contributed by atoms with Crippen molar-refractivity contribution in [2.45, 2.75) is 32.2 Å². The van der Waals surface area contributed by atoms with Gasteiger partial charge in [0.15, 0.2) is 15.8 Å². The van der Waals surface area contributed by atoms with Crippen LogP contribution in [0.15, 0.2) is 29.3 Å². The van der Waals surface area contributed by atoms with Crippen LogP contribution in [0.3, 0.4) is 0 Å². The Morgan fingerprint density at radius 3 is 2.75 bits per heavy atom. The molecule has 1 aliphatic heterocycles. The Morgan fingerprint density at radius 2 is 2.11 bits per heavy atom. The van der Waals surface area contributed by atoms with Crippen molar-refractivity contribution in [1.82, 2.24) is 16.0 Å². The molecule has 1 aromatic carbocycles.